The Balaban J connectivity index is 0. The van der Waals surface area contributed by atoms with Gasteiger partial charge in [-0.3, -0.25) is 0 Å². The normalized spacial score (nSPS) is 9.40. The first-order chi connectivity index (χ1) is 20.7. The summed E-state index contributed by atoms with van der Waals surface area (Å²) in [4.78, 5) is 35.1. The van der Waals surface area contributed by atoms with Crippen molar-refractivity contribution in [1.82, 2.24) is 10.1 Å². The van der Waals surface area contributed by atoms with Crippen LogP contribution >= 0.6 is 0 Å². The van der Waals surface area contributed by atoms with Crippen LogP contribution in [0.2, 0.25) is 0 Å². The number of benzene rings is 1. The van der Waals surface area contributed by atoms with Crippen molar-refractivity contribution in [1.29, 1.82) is 0 Å². The maximum Gasteiger partial charge on any atom is 0.507 e. The highest BCUT2D eigenvalue weighted by Crippen LogP contribution is 2.15. The summed E-state index contributed by atoms with van der Waals surface area (Å²) in [6.07, 6.45) is 7.75. The van der Waals surface area contributed by atoms with Crippen LogP contribution < -0.4 is 0 Å². The van der Waals surface area contributed by atoms with E-state index < -0.39 is 18.5 Å². The summed E-state index contributed by atoms with van der Waals surface area (Å²) in [5.41, 5.74) is 2.21. The Bertz CT molecular complexity index is 948. The van der Waals surface area contributed by atoms with Gasteiger partial charge in [0.1, 0.15) is 0 Å². The molecule has 0 saturated heterocycles. The van der Waals surface area contributed by atoms with Crippen LogP contribution in [0.25, 0.3) is 11.4 Å². The van der Waals surface area contributed by atoms with Crippen LogP contribution in [0.15, 0.2) is 28.8 Å². The van der Waals surface area contributed by atoms with E-state index in [0.717, 1.165) is 50.5 Å². The van der Waals surface area contributed by atoms with Crippen molar-refractivity contribution >= 4 is 18.5 Å². The van der Waals surface area contributed by atoms with Gasteiger partial charge in [-0.1, -0.05) is 94.3 Å². The van der Waals surface area contributed by atoms with Crippen LogP contribution in [0.5, 0.6) is 0 Å². The predicted molar refractivity (Wildman–Crippen MR) is 163 cm³/mol. The van der Waals surface area contributed by atoms with Gasteiger partial charge >= 0.3 is 18.5 Å². The maximum atomic E-state index is 10.4. The van der Waals surface area contributed by atoms with Crippen molar-refractivity contribution in [3.05, 3.63) is 35.7 Å². The predicted octanol–water partition coefficient (Wildman–Crippen LogP) is 8.23. The smallest absolute Gasteiger partial charge is 0.438 e. The van der Waals surface area contributed by atoms with Crippen molar-refractivity contribution in [3.8, 4) is 11.4 Å². The first kappa shape index (κ1) is 41.3. The molecule has 2 aromatic rings. The summed E-state index contributed by atoms with van der Waals surface area (Å²) < 4.78 is 31.6. The summed E-state index contributed by atoms with van der Waals surface area (Å²) in [5.74, 6) is 1.24. The SMILES string of the molecule is CCCCCCOC(=O)OC.CCCCCOC(=O)OC.CCCCOC(=O)OC.Cc1ccc(-c2noc(C)n2)cc1. The van der Waals surface area contributed by atoms with Crippen molar-refractivity contribution in [2.45, 2.75) is 92.4 Å². The molecule has 43 heavy (non-hydrogen) atoms. The molecule has 0 bridgehead atoms. The number of unbranched alkanes of at least 4 members (excludes halogenated alkanes) is 6. The lowest BCUT2D eigenvalue weighted by atomic mass is 10.1. The van der Waals surface area contributed by atoms with Crippen molar-refractivity contribution in [2.24, 2.45) is 0 Å². The molecule has 0 unspecified atom stereocenters. The van der Waals surface area contributed by atoms with E-state index in [1.165, 1.54) is 39.7 Å². The number of aryl methyl sites for hydroxylation is 2. The van der Waals surface area contributed by atoms with Gasteiger partial charge in [-0.25, -0.2) is 14.4 Å². The van der Waals surface area contributed by atoms with Gasteiger partial charge in [-0.2, -0.15) is 4.98 Å². The molecule has 0 aliphatic heterocycles. The monoisotopic (exact) mass is 612 g/mol. The van der Waals surface area contributed by atoms with Gasteiger partial charge in [0.25, 0.3) is 0 Å². The molecular weight excluding hydrogens is 560 g/mol. The minimum Gasteiger partial charge on any atom is -0.438 e. The fraction of sp³-hybridized carbons (Fsp3) is 0.645. The average molecular weight is 613 g/mol. The molecule has 12 heteroatoms. The van der Waals surface area contributed by atoms with Gasteiger partial charge in [0.05, 0.1) is 41.2 Å². The largest absolute Gasteiger partial charge is 0.507 e. The highest BCUT2D eigenvalue weighted by Gasteiger charge is 2.04. The molecule has 0 radical (unpaired) electrons. The number of nitrogens with zero attached hydrogens (tertiary/aromatic N) is 2. The summed E-state index contributed by atoms with van der Waals surface area (Å²) in [6, 6.07) is 8.03. The van der Waals surface area contributed by atoms with E-state index in [1.54, 1.807) is 6.92 Å². The molecular formula is C31H52N2O10. The van der Waals surface area contributed by atoms with Gasteiger partial charge in [0.15, 0.2) is 0 Å². The molecule has 0 fully saturated rings. The van der Waals surface area contributed by atoms with Gasteiger partial charge < -0.3 is 32.9 Å². The van der Waals surface area contributed by atoms with Gasteiger partial charge in [0, 0.05) is 12.5 Å². The number of hydrogen-bond acceptors (Lipinski definition) is 12. The Labute approximate surface area is 256 Å². The highest BCUT2D eigenvalue weighted by atomic mass is 16.7. The molecule has 0 aliphatic carbocycles. The van der Waals surface area contributed by atoms with Gasteiger partial charge in [-0.15, -0.1) is 0 Å². The number of ether oxygens (including phenoxy) is 6. The van der Waals surface area contributed by atoms with Crippen molar-refractivity contribution < 1.29 is 47.3 Å². The summed E-state index contributed by atoms with van der Waals surface area (Å²) in [5, 5.41) is 3.83. The Morgan fingerprint density at radius 1 is 0.628 bits per heavy atom. The third-order valence-electron chi connectivity index (χ3n) is 5.24. The number of rotatable bonds is 13. The molecule has 1 heterocycles. The Kier molecular flexibility index (Phi) is 28.5. The Morgan fingerprint density at radius 3 is 1.44 bits per heavy atom. The van der Waals surface area contributed by atoms with E-state index in [1.807, 2.05) is 38.1 Å². The number of methoxy groups -OCH3 is 3. The summed E-state index contributed by atoms with van der Waals surface area (Å²) in [6.45, 7) is 11.5. The first-order valence-corrected chi connectivity index (χ1v) is 14.7. The van der Waals surface area contributed by atoms with Gasteiger partial charge in [-0.05, 0) is 26.2 Å². The second-order valence-electron chi connectivity index (χ2n) is 9.03. The summed E-state index contributed by atoms with van der Waals surface area (Å²) >= 11 is 0. The third kappa shape index (κ3) is 26.8. The molecule has 0 spiro atoms. The molecule has 0 atom stereocenters. The molecule has 0 amide bonds. The molecule has 0 saturated carbocycles. The van der Waals surface area contributed by atoms with E-state index in [0.29, 0.717) is 31.5 Å². The quantitative estimate of drug-likeness (QED) is 0.122. The van der Waals surface area contributed by atoms with Crippen molar-refractivity contribution in [2.75, 3.05) is 41.2 Å². The number of carbonyl (C=O) groups is 3. The lowest BCUT2D eigenvalue weighted by Gasteiger charge is -2.01. The Morgan fingerprint density at radius 2 is 1.05 bits per heavy atom. The molecule has 1 aromatic carbocycles. The number of hydrogen-bond donors (Lipinski definition) is 0. The first-order valence-electron chi connectivity index (χ1n) is 14.7. The van der Waals surface area contributed by atoms with Crippen LogP contribution in [0, 0.1) is 13.8 Å². The van der Waals surface area contributed by atoms with Crippen LogP contribution in [0.4, 0.5) is 14.4 Å². The van der Waals surface area contributed by atoms with Gasteiger partial charge in [0.2, 0.25) is 11.7 Å². The zero-order chi connectivity index (χ0) is 32.7. The molecule has 2 rings (SSSR count). The lowest BCUT2D eigenvalue weighted by molar-refractivity contribution is 0.0704. The minimum atomic E-state index is -0.594. The zero-order valence-corrected chi connectivity index (χ0v) is 27.3. The molecule has 246 valence electrons. The Hall–Kier alpha value is -3.83. The van der Waals surface area contributed by atoms with Crippen LogP contribution in [-0.4, -0.2) is 69.8 Å². The minimum absolute atomic E-state index is 0.461. The van der Waals surface area contributed by atoms with Crippen LogP contribution in [0.3, 0.4) is 0 Å². The van der Waals surface area contributed by atoms with Crippen LogP contribution in [0.1, 0.15) is 90.0 Å². The fourth-order valence-corrected chi connectivity index (χ4v) is 2.79. The standard InChI is InChI=1S/C10H10N2O.C8H16O3.C7H14O3.C6H12O3/c1-7-3-5-9(6-4-7)10-11-8(2)13-12-10;1-3-4-5-6-7-11-8(9)10-2;1-3-4-5-6-10-7(8)9-2;1-3-4-5-9-6(7)8-2/h3-6H,1-2H3;3-7H2,1-2H3;3-6H2,1-2H3;3-5H2,1-2H3. The van der Waals surface area contributed by atoms with E-state index >= 15 is 0 Å². The van der Waals surface area contributed by atoms with E-state index in [2.05, 4.69) is 52.4 Å². The third-order valence-corrected chi connectivity index (χ3v) is 5.24. The topological polar surface area (TPSA) is 146 Å². The zero-order valence-electron chi connectivity index (χ0n) is 27.3. The summed E-state index contributed by atoms with van der Waals surface area (Å²) in [7, 11) is 3.92. The second-order valence-corrected chi connectivity index (χ2v) is 9.03. The lowest BCUT2D eigenvalue weighted by Crippen LogP contribution is -2.05. The molecule has 0 aliphatic rings. The number of carbonyl (C=O) groups excluding carboxylic acids is 3. The average Bonchev–Trinajstić information content (AvgIpc) is 3.46. The maximum absolute atomic E-state index is 10.4. The number of aromatic nitrogens is 2. The highest BCUT2D eigenvalue weighted by molar-refractivity contribution is 5.60. The fourth-order valence-electron chi connectivity index (χ4n) is 2.79. The molecule has 1 aromatic heterocycles. The van der Waals surface area contributed by atoms with E-state index in [9.17, 15) is 14.4 Å². The van der Waals surface area contributed by atoms with Crippen molar-refractivity contribution in [3.63, 3.8) is 0 Å². The van der Waals surface area contributed by atoms with Crippen LogP contribution in [-0.2, 0) is 28.4 Å². The van der Waals surface area contributed by atoms with E-state index in [-0.39, 0.29) is 0 Å². The second kappa shape index (κ2) is 29.7. The van der Waals surface area contributed by atoms with E-state index in [4.69, 9.17) is 4.52 Å². The molecule has 12 nitrogen and oxygen atoms in total. The molecule has 0 N–H and O–H groups in total.